The first-order valence-corrected chi connectivity index (χ1v) is 10.8. The average Bonchev–Trinajstić information content (AvgIpc) is 3.44. The molecule has 25 heavy (non-hydrogen) atoms. The molecule has 1 aromatic carbocycles. The molecule has 0 aromatic heterocycles. The predicted molar refractivity (Wildman–Crippen MR) is 98.4 cm³/mol. The van der Waals surface area contributed by atoms with Crippen LogP contribution in [0.3, 0.4) is 0 Å². The number of carbonyl (C=O) groups is 1. The van der Waals surface area contributed by atoms with Crippen LogP contribution in [0.15, 0.2) is 29.2 Å². The van der Waals surface area contributed by atoms with E-state index in [1.54, 1.807) is 43.0 Å². The molecular weight excluding hydrogens is 336 g/mol. The molecule has 0 bridgehead atoms. The monoisotopic (exact) mass is 364 g/mol. The zero-order valence-corrected chi connectivity index (χ0v) is 15.9. The summed E-state index contributed by atoms with van der Waals surface area (Å²) in [6.07, 6.45) is 4.53. The van der Waals surface area contributed by atoms with Gasteiger partial charge in [-0.3, -0.25) is 4.79 Å². The Bertz CT molecular complexity index is 718. The number of piperidine rings is 1. The Kier molecular flexibility index (Phi) is 5.49. The lowest BCUT2D eigenvalue weighted by molar-refractivity contribution is 0.0701. The van der Waals surface area contributed by atoms with Crippen LogP contribution in [-0.2, 0) is 9.84 Å². The zero-order valence-electron chi connectivity index (χ0n) is 15.1. The third-order valence-corrected chi connectivity index (χ3v) is 7.43. The van der Waals surface area contributed by atoms with Crippen LogP contribution in [0.25, 0.3) is 0 Å². The van der Waals surface area contributed by atoms with Gasteiger partial charge in [-0.15, -0.1) is 0 Å². The van der Waals surface area contributed by atoms with Crippen LogP contribution in [0.4, 0.5) is 0 Å². The van der Waals surface area contributed by atoms with E-state index >= 15 is 0 Å². The fourth-order valence-electron chi connectivity index (χ4n) is 3.26. The number of hydrogen-bond acceptors (Lipinski definition) is 4. The van der Waals surface area contributed by atoms with Crippen molar-refractivity contribution >= 4 is 15.7 Å². The SMILES string of the molecule is CC(C)S(=O)(=O)c1ccccc1C(=O)N1CCC(NCC2CC2)CC1. The summed E-state index contributed by atoms with van der Waals surface area (Å²) in [6.45, 7) is 5.74. The number of benzene rings is 1. The van der Waals surface area contributed by atoms with Crippen LogP contribution in [0.2, 0.25) is 0 Å². The molecule has 3 rings (SSSR count). The van der Waals surface area contributed by atoms with Crippen molar-refractivity contribution in [2.75, 3.05) is 19.6 Å². The summed E-state index contributed by atoms with van der Waals surface area (Å²) in [4.78, 5) is 14.9. The van der Waals surface area contributed by atoms with Gasteiger partial charge in [0.25, 0.3) is 5.91 Å². The molecule has 0 spiro atoms. The maximum Gasteiger partial charge on any atom is 0.255 e. The number of carbonyl (C=O) groups excluding carboxylic acids is 1. The first kappa shape index (κ1) is 18.4. The van der Waals surface area contributed by atoms with Gasteiger partial charge >= 0.3 is 0 Å². The maximum atomic E-state index is 12.9. The highest BCUT2D eigenvalue weighted by Crippen LogP contribution is 2.28. The largest absolute Gasteiger partial charge is 0.338 e. The van der Waals surface area contributed by atoms with Gasteiger partial charge in [-0.1, -0.05) is 12.1 Å². The van der Waals surface area contributed by atoms with Gasteiger partial charge in [0.2, 0.25) is 0 Å². The van der Waals surface area contributed by atoms with Crippen molar-refractivity contribution in [1.82, 2.24) is 10.2 Å². The van der Waals surface area contributed by atoms with E-state index in [2.05, 4.69) is 5.32 Å². The van der Waals surface area contributed by atoms with E-state index in [4.69, 9.17) is 0 Å². The lowest BCUT2D eigenvalue weighted by atomic mass is 10.0. The van der Waals surface area contributed by atoms with E-state index in [1.807, 2.05) is 0 Å². The van der Waals surface area contributed by atoms with Crippen molar-refractivity contribution in [3.63, 3.8) is 0 Å². The molecule has 2 aliphatic rings. The Morgan fingerprint density at radius 2 is 1.80 bits per heavy atom. The second-order valence-corrected chi connectivity index (χ2v) is 9.98. The maximum absolute atomic E-state index is 12.9. The third-order valence-electron chi connectivity index (χ3n) is 5.22. The highest BCUT2D eigenvalue weighted by atomic mass is 32.2. The molecule has 1 saturated heterocycles. The van der Waals surface area contributed by atoms with Crippen LogP contribution in [0, 0.1) is 5.92 Å². The molecule has 0 unspecified atom stereocenters. The van der Waals surface area contributed by atoms with Gasteiger partial charge in [-0.25, -0.2) is 8.42 Å². The van der Waals surface area contributed by atoms with E-state index in [0.717, 1.165) is 25.3 Å². The van der Waals surface area contributed by atoms with Gasteiger partial charge in [0.05, 0.1) is 15.7 Å². The summed E-state index contributed by atoms with van der Waals surface area (Å²) in [6, 6.07) is 7.07. The molecule has 1 heterocycles. The Morgan fingerprint density at radius 1 is 1.16 bits per heavy atom. The number of sulfone groups is 1. The average molecular weight is 365 g/mol. The summed E-state index contributed by atoms with van der Waals surface area (Å²) in [5, 5.41) is 3.06. The molecule has 0 atom stereocenters. The van der Waals surface area contributed by atoms with Crippen molar-refractivity contribution in [2.45, 2.75) is 55.7 Å². The quantitative estimate of drug-likeness (QED) is 0.842. The first-order valence-electron chi connectivity index (χ1n) is 9.25. The fraction of sp³-hybridized carbons (Fsp3) is 0.632. The summed E-state index contributed by atoms with van der Waals surface area (Å²) >= 11 is 0. The standard InChI is InChI=1S/C19H28N2O3S/c1-14(2)25(23,24)18-6-4-3-5-17(18)19(22)21-11-9-16(10-12-21)20-13-15-7-8-15/h3-6,14-16,20H,7-13H2,1-2H3. The molecular formula is C19H28N2O3S. The molecule has 1 aliphatic heterocycles. The predicted octanol–water partition coefficient (Wildman–Crippen LogP) is 2.47. The van der Waals surface area contributed by atoms with Gasteiger partial charge in [0, 0.05) is 19.1 Å². The van der Waals surface area contributed by atoms with Crippen LogP contribution < -0.4 is 5.32 Å². The summed E-state index contributed by atoms with van der Waals surface area (Å²) in [7, 11) is -3.47. The van der Waals surface area contributed by atoms with Gasteiger partial charge in [0.15, 0.2) is 9.84 Å². The lowest BCUT2D eigenvalue weighted by Crippen LogP contribution is -2.45. The second kappa shape index (κ2) is 7.46. The summed E-state index contributed by atoms with van der Waals surface area (Å²) < 4.78 is 25.1. The first-order chi connectivity index (χ1) is 11.9. The molecule has 6 heteroatoms. The van der Waals surface area contributed by atoms with Crippen LogP contribution in [0.5, 0.6) is 0 Å². The van der Waals surface area contributed by atoms with Gasteiger partial charge < -0.3 is 10.2 Å². The number of hydrogen-bond donors (Lipinski definition) is 1. The summed E-state index contributed by atoms with van der Waals surface area (Å²) in [5.74, 6) is 0.688. The van der Waals surface area contributed by atoms with E-state index in [1.165, 1.54) is 12.8 Å². The minimum absolute atomic E-state index is 0.156. The van der Waals surface area contributed by atoms with Gasteiger partial charge in [0.1, 0.15) is 0 Å². The minimum Gasteiger partial charge on any atom is -0.338 e. The molecule has 0 radical (unpaired) electrons. The molecule has 1 amide bonds. The van der Waals surface area contributed by atoms with E-state index < -0.39 is 15.1 Å². The van der Waals surface area contributed by atoms with E-state index in [-0.39, 0.29) is 10.8 Å². The number of amides is 1. The van der Waals surface area contributed by atoms with Crippen molar-refractivity contribution in [1.29, 1.82) is 0 Å². The molecule has 1 saturated carbocycles. The Morgan fingerprint density at radius 3 is 2.40 bits per heavy atom. The number of nitrogens with one attached hydrogen (secondary N) is 1. The fourth-order valence-corrected chi connectivity index (χ4v) is 4.50. The smallest absolute Gasteiger partial charge is 0.255 e. The highest BCUT2D eigenvalue weighted by molar-refractivity contribution is 7.92. The number of likely N-dealkylation sites (tertiary alicyclic amines) is 1. The van der Waals surface area contributed by atoms with Crippen molar-refractivity contribution in [3.8, 4) is 0 Å². The van der Waals surface area contributed by atoms with Crippen LogP contribution >= 0.6 is 0 Å². The van der Waals surface area contributed by atoms with E-state index in [9.17, 15) is 13.2 Å². The normalized spacial score (nSPS) is 19.4. The Balaban J connectivity index is 1.68. The summed E-state index contributed by atoms with van der Waals surface area (Å²) in [5.41, 5.74) is 0.306. The number of rotatable bonds is 6. The highest BCUT2D eigenvalue weighted by Gasteiger charge is 2.30. The van der Waals surface area contributed by atoms with Crippen molar-refractivity contribution in [3.05, 3.63) is 29.8 Å². The lowest BCUT2D eigenvalue weighted by Gasteiger charge is -2.33. The molecule has 2 fully saturated rings. The van der Waals surface area contributed by atoms with Crippen molar-refractivity contribution < 1.29 is 13.2 Å². The molecule has 138 valence electrons. The Labute approximate surface area is 150 Å². The zero-order chi connectivity index (χ0) is 18.0. The minimum atomic E-state index is -3.47. The van der Waals surface area contributed by atoms with Gasteiger partial charge in [-0.05, 0) is 64.1 Å². The second-order valence-electron chi connectivity index (χ2n) is 7.51. The van der Waals surface area contributed by atoms with E-state index in [0.29, 0.717) is 24.7 Å². The third kappa shape index (κ3) is 4.23. The molecule has 1 aromatic rings. The molecule has 1 aliphatic carbocycles. The Hall–Kier alpha value is -1.40. The van der Waals surface area contributed by atoms with Crippen molar-refractivity contribution in [2.24, 2.45) is 5.92 Å². The topological polar surface area (TPSA) is 66.5 Å². The number of nitrogens with zero attached hydrogens (tertiary/aromatic N) is 1. The van der Waals surface area contributed by atoms with Crippen LogP contribution in [-0.4, -0.2) is 50.2 Å². The molecule has 1 N–H and O–H groups in total. The van der Waals surface area contributed by atoms with Crippen LogP contribution in [0.1, 0.15) is 49.9 Å². The van der Waals surface area contributed by atoms with Gasteiger partial charge in [-0.2, -0.15) is 0 Å². The molecule has 5 nitrogen and oxygen atoms in total.